The molecule has 0 radical (unpaired) electrons. The molecule has 0 heterocycles. The number of hydrogen-bond donors (Lipinski definition) is 4. The summed E-state index contributed by atoms with van der Waals surface area (Å²) in [6, 6.07) is 24.8. The van der Waals surface area contributed by atoms with Crippen molar-refractivity contribution in [3.63, 3.8) is 0 Å². The van der Waals surface area contributed by atoms with Gasteiger partial charge >= 0.3 is 6.75 Å². The van der Waals surface area contributed by atoms with Crippen molar-refractivity contribution in [3.05, 3.63) is 90.0 Å². The van der Waals surface area contributed by atoms with Crippen LogP contribution in [-0.4, -0.2) is 34.3 Å². The van der Waals surface area contributed by atoms with Crippen molar-refractivity contribution in [2.24, 2.45) is 0 Å². The maximum absolute atomic E-state index is 12.4. The Hall–Kier alpha value is -3.45. The van der Waals surface area contributed by atoms with Crippen LogP contribution in [0.4, 0.5) is 0 Å². The van der Waals surface area contributed by atoms with Gasteiger partial charge in [0.05, 0.1) is 0 Å². The van der Waals surface area contributed by atoms with Crippen molar-refractivity contribution in [1.29, 1.82) is 0 Å². The lowest BCUT2D eigenvalue weighted by atomic mass is 9.71. The summed E-state index contributed by atoms with van der Waals surface area (Å²) in [4.78, 5) is 12.4. The molecule has 0 aromatic heterocycles. The molecule has 0 aliphatic heterocycles. The summed E-state index contributed by atoms with van der Waals surface area (Å²) in [6.45, 7) is -3.09. The minimum atomic E-state index is -3.56. The quantitative estimate of drug-likeness (QED) is 0.265. The summed E-state index contributed by atoms with van der Waals surface area (Å²) in [5.41, 5.74) is 1.53. The Morgan fingerprint density at radius 3 is 2.03 bits per heavy atom. The molecule has 0 aliphatic carbocycles. The molecule has 5 aromatic rings. The molecule has 0 fully saturated rings. The van der Waals surface area contributed by atoms with Gasteiger partial charge in [-0.1, -0.05) is 78.9 Å². The van der Waals surface area contributed by atoms with Crippen LogP contribution in [0.15, 0.2) is 78.9 Å². The summed E-state index contributed by atoms with van der Waals surface area (Å²) in [6.07, 6.45) is 0.689. The molecule has 5 rings (SSSR count). The van der Waals surface area contributed by atoms with Crippen LogP contribution < -0.4 is 10.8 Å². The van der Waals surface area contributed by atoms with Gasteiger partial charge in [0.15, 0.2) is 0 Å². The van der Waals surface area contributed by atoms with E-state index < -0.39 is 6.75 Å². The van der Waals surface area contributed by atoms with E-state index in [-0.39, 0.29) is 11.4 Å². The predicted octanol–water partition coefficient (Wildman–Crippen LogP) is 2.68. The van der Waals surface area contributed by atoms with Gasteiger partial charge in [0, 0.05) is 12.1 Å². The Labute approximate surface area is 178 Å². The van der Waals surface area contributed by atoms with Gasteiger partial charge in [0.2, 0.25) is 0 Å². The standard InChI is InChI=1S/C25H21BNO4/c28-25(20-8-11-21(12-9-20)26(29,30)31)27-15-14-16-4-5-19-7-6-17-2-1-3-18-10-13-22(16)24(19)23(17)18/h1-13,29-31H,14-15H2,(H,27,28)/q-1. The lowest BCUT2D eigenvalue weighted by molar-refractivity contribution is 0.0954. The molecular formula is C25H21BNO4-. The predicted molar refractivity (Wildman–Crippen MR) is 125 cm³/mol. The van der Waals surface area contributed by atoms with Gasteiger partial charge in [-0.25, -0.2) is 0 Å². The maximum Gasteiger partial charge on any atom is 0.402 e. The molecular weight excluding hydrogens is 389 g/mol. The highest BCUT2D eigenvalue weighted by Gasteiger charge is 2.18. The summed E-state index contributed by atoms with van der Waals surface area (Å²) < 4.78 is 0. The molecule has 1 amide bonds. The summed E-state index contributed by atoms with van der Waals surface area (Å²) in [5.74, 6) is -0.254. The molecule has 0 aliphatic rings. The molecule has 154 valence electrons. The van der Waals surface area contributed by atoms with E-state index in [4.69, 9.17) is 0 Å². The normalized spacial score (nSPS) is 12.1. The fourth-order valence-corrected chi connectivity index (χ4v) is 4.32. The van der Waals surface area contributed by atoms with E-state index in [1.165, 1.54) is 62.1 Å². The Balaban J connectivity index is 1.37. The van der Waals surface area contributed by atoms with E-state index in [1.807, 2.05) is 0 Å². The van der Waals surface area contributed by atoms with Crippen molar-refractivity contribution in [2.45, 2.75) is 6.42 Å². The van der Waals surface area contributed by atoms with Gasteiger partial charge in [-0.15, -0.1) is 5.46 Å². The summed E-state index contributed by atoms with van der Waals surface area (Å²) in [7, 11) is 0. The molecule has 0 bridgehead atoms. The van der Waals surface area contributed by atoms with Crippen molar-refractivity contribution in [1.82, 2.24) is 5.32 Å². The highest BCUT2D eigenvalue weighted by molar-refractivity contribution is 6.71. The zero-order valence-corrected chi connectivity index (χ0v) is 16.7. The van der Waals surface area contributed by atoms with Crippen LogP contribution in [0.2, 0.25) is 0 Å². The summed E-state index contributed by atoms with van der Waals surface area (Å²) in [5, 5.41) is 38.1. The molecule has 5 aromatic carbocycles. The Morgan fingerprint density at radius 1 is 0.742 bits per heavy atom. The lowest BCUT2D eigenvalue weighted by Crippen LogP contribution is -2.48. The highest BCUT2D eigenvalue weighted by Crippen LogP contribution is 2.35. The third kappa shape index (κ3) is 3.51. The van der Waals surface area contributed by atoms with E-state index in [1.54, 1.807) is 0 Å². The molecule has 0 saturated carbocycles. The maximum atomic E-state index is 12.4. The van der Waals surface area contributed by atoms with Gasteiger partial charge in [-0.3, -0.25) is 4.79 Å². The number of nitrogens with one attached hydrogen (secondary N) is 1. The smallest absolute Gasteiger partial charge is 0.402 e. The van der Waals surface area contributed by atoms with Gasteiger partial charge in [-0.2, -0.15) is 0 Å². The molecule has 0 spiro atoms. The Morgan fingerprint density at radius 2 is 1.35 bits per heavy atom. The van der Waals surface area contributed by atoms with E-state index in [9.17, 15) is 19.9 Å². The van der Waals surface area contributed by atoms with E-state index in [2.05, 4.69) is 59.9 Å². The molecule has 0 unspecified atom stereocenters. The number of rotatable bonds is 5. The first kappa shape index (κ1) is 19.5. The van der Waals surface area contributed by atoms with E-state index >= 15 is 0 Å². The zero-order valence-electron chi connectivity index (χ0n) is 16.7. The number of amides is 1. The second kappa shape index (κ2) is 7.36. The molecule has 5 nitrogen and oxygen atoms in total. The molecule has 31 heavy (non-hydrogen) atoms. The number of benzene rings is 5. The van der Waals surface area contributed by atoms with Gasteiger partial charge in [0.1, 0.15) is 0 Å². The minimum Gasteiger partial charge on any atom is -0.556 e. The molecule has 0 atom stereocenters. The van der Waals surface area contributed by atoms with Crippen LogP contribution in [0, 0.1) is 0 Å². The van der Waals surface area contributed by atoms with Crippen LogP contribution in [0.25, 0.3) is 32.3 Å². The first-order valence-corrected chi connectivity index (χ1v) is 10.3. The monoisotopic (exact) mass is 410 g/mol. The largest absolute Gasteiger partial charge is 0.556 e. The Kier molecular flexibility index (Phi) is 4.63. The fourth-order valence-electron chi connectivity index (χ4n) is 4.32. The second-order valence-corrected chi connectivity index (χ2v) is 7.94. The zero-order chi connectivity index (χ0) is 21.6. The van der Waals surface area contributed by atoms with Crippen molar-refractivity contribution in [2.75, 3.05) is 6.54 Å². The third-order valence-electron chi connectivity index (χ3n) is 5.92. The molecule has 0 saturated heterocycles. The van der Waals surface area contributed by atoms with Crippen LogP contribution in [0.3, 0.4) is 0 Å². The van der Waals surface area contributed by atoms with Gasteiger partial charge in [0.25, 0.3) is 5.91 Å². The topological polar surface area (TPSA) is 89.8 Å². The number of carbonyl (C=O) groups is 1. The van der Waals surface area contributed by atoms with Crippen molar-refractivity contribution in [3.8, 4) is 0 Å². The molecule has 6 heteroatoms. The summed E-state index contributed by atoms with van der Waals surface area (Å²) >= 11 is 0. The van der Waals surface area contributed by atoms with E-state index in [0.717, 1.165) is 0 Å². The van der Waals surface area contributed by atoms with Crippen LogP contribution >= 0.6 is 0 Å². The third-order valence-corrected chi connectivity index (χ3v) is 5.92. The first-order chi connectivity index (χ1) is 14.9. The van der Waals surface area contributed by atoms with Gasteiger partial charge in [-0.05, 0) is 44.3 Å². The Bertz CT molecular complexity index is 1390. The second-order valence-electron chi connectivity index (χ2n) is 7.94. The van der Waals surface area contributed by atoms with Crippen LogP contribution in [-0.2, 0) is 6.42 Å². The van der Waals surface area contributed by atoms with Crippen molar-refractivity contribution >= 4 is 50.4 Å². The average molecular weight is 410 g/mol. The number of carbonyl (C=O) groups excluding carboxylic acids is 1. The van der Waals surface area contributed by atoms with E-state index in [0.29, 0.717) is 18.5 Å². The minimum absolute atomic E-state index is 0.0369. The van der Waals surface area contributed by atoms with Crippen molar-refractivity contribution < 1.29 is 19.9 Å². The average Bonchev–Trinajstić information content (AvgIpc) is 2.77. The fraction of sp³-hybridized carbons (Fsp3) is 0.0800. The van der Waals surface area contributed by atoms with Crippen LogP contribution in [0.1, 0.15) is 15.9 Å². The first-order valence-electron chi connectivity index (χ1n) is 10.3. The van der Waals surface area contributed by atoms with Gasteiger partial charge < -0.3 is 20.4 Å². The van der Waals surface area contributed by atoms with Crippen LogP contribution in [0.5, 0.6) is 0 Å². The lowest BCUT2D eigenvalue weighted by Gasteiger charge is -2.21. The highest BCUT2D eigenvalue weighted by atomic mass is 16.5. The molecule has 4 N–H and O–H groups in total. The SMILES string of the molecule is O=C(NCCc1ccc2ccc3cccc4ccc1c2c34)c1ccc([B-](O)(O)O)cc1. The number of hydrogen-bond acceptors (Lipinski definition) is 4.